The van der Waals surface area contributed by atoms with E-state index in [0.717, 1.165) is 10.0 Å². The van der Waals surface area contributed by atoms with Crippen molar-refractivity contribution in [2.75, 3.05) is 19.8 Å². The highest BCUT2D eigenvalue weighted by Crippen LogP contribution is 2.34. The van der Waals surface area contributed by atoms with Crippen molar-refractivity contribution >= 4 is 15.9 Å². The van der Waals surface area contributed by atoms with Crippen LogP contribution in [0.5, 0.6) is 17.4 Å². The van der Waals surface area contributed by atoms with Crippen molar-refractivity contribution in [3.05, 3.63) is 82.2 Å². The van der Waals surface area contributed by atoms with Gasteiger partial charge in [-0.15, -0.1) is 0 Å². The van der Waals surface area contributed by atoms with Crippen LogP contribution in [0.2, 0.25) is 0 Å². The second-order valence-electron chi connectivity index (χ2n) is 6.40. The van der Waals surface area contributed by atoms with Crippen LogP contribution in [0.25, 0.3) is 0 Å². The van der Waals surface area contributed by atoms with Crippen LogP contribution in [0.15, 0.2) is 65.3 Å². The van der Waals surface area contributed by atoms with Crippen LogP contribution < -0.4 is 19.5 Å². The zero-order valence-corrected chi connectivity index (χ0v) is 18.3. The van der Waals surface area contributed by atoms with Crippen LogP contribution >= 0.6 is 15.9 Å². The van der Waals surface area contributed by atoms with Crippen molar-refractivity contribution in [1.29, 1.82) is 0 Å². The Morgan fingerprint density at radius 1 is 0.967 bits per heavy atom. The quantitative estimate of drug-likeness (QED) is 0.390. The lowest BCUT2D eigenvalue weighted by Crippen LogP contribution is -2.21. The summed E-state index contributed by atoms with van der Waals surface area (Å²) in [5.41, 5.74) is 1.52. The van der Waals surface area contributed by atoms with E-state index < -0.39 is 0 Å². The summed E-state index contributed by atoms with van der Waals surface area (Å²) < 4.78 is 31.9. The van der Waals surface area contributed by atoms with Gasteiger partial charge >= 0.3 is 0 Å². The molecule has 1 heterocycles. The average molecular weight is 475 g/mol. The zero-order chi connectivity index (χ0) is 21.2. The molecular weight excluding hydrogens is 451 g/mol. The third-order valence-electron chi connectivity index (χ3n) is 4.24. The molecule has 0 atom stereocenters. The molecule has 0 unspecified atom stereocenters. The van der Waals surface area contributed by atoms with Gasteiger partial charge in [0.05, 0.1) is 6.61 Å². The predicted molar refractivity (Wildman–Crippen MR) is 117 cm³/mol. The summed E-state index contributed by atoms with van der Waals surface area (Å²) in [5, 5.41) is 3.34. The summed E-state index contributed by atoms with van der Waals surface area (Å²) in [6.45, 7) is 4.34. The van der Waals surface area contributed by atoms with Crippen molar-refractivity contribution < 1.29 is 18.6 Å². The number of nitrogens with one attached hydrogen (secondary N) is 1. The fourth-order valence-corrected chi connectivity index (χ4v) is 3.21. The summed E-state index contributed by atoms with van der Waals surface area (Å²) in [7, 11) is 0. The fourth-order valence-electron chi connectivity index (χ4n) is 2.75. The molecule has 0 aliphatic heterocycles. The molecule has 3 aromatic rings. The molecule has 5 nitrogen and oxygen atoms in total. The van der Waals surface area contributed by atoms with Gasteiger partial charge in [0.1, 0.15) is 19.0 Å². The summed E-state index contributed by atoms with van der Waals surface area (Å²) in [6, 6.07) is 15.9. The minimum absolute atomic E-state index is 0.127. The second kappa shape index (κ2) is 11.5. The predicted octanol–water partition coefficient (Wildman–Crippen LogP) is 5.13. The Hall–Kier alpha value is -2.64. The van der Waals surface area contributed by atoms with Crippen LogP contribution in [-0.2, 0) is 13.2 Å². The Labute approximate surface area is 184 Å². The van der Waals surface area contributed by atoms with Crippen LogP contribution in [0.1, 0.15) is 18.1 Å². The first-order chi connectivity index (χ1) is 14.7. The smallest absolute Gasteiger partial charge is 0.213 e. The molecule has 30 heavy (non-hydrogen) atoms. The molecule has 1 aromatic heterocycles. The highest BCUT2D eigenvalue weighted by Gasteiger charge is 2.12. The van der Waals surface area contributed by atoms with Gasteiger partial charge in [0.15, 0.2) is 11.5 Å². The average Bonchev–Trinajstić information content (AvgIpc) is 2.76. The lowest BCUT2D eigenvalue weighted by molar-refractivity contribution is 0.265. The van der Waals surface area contributed by atoms with Crippen molar-refractivity contribution in [2.45, 2.75) is 20.1 Å². The molecule has 0 amide bonds. The maximum atomic E-state index is 13.9. The topological polar surface area (TPSA) is 52.6 Å². The Morgan fingerprint density at radius 2 is 1.77 bits per heavy atom. The third-order valence-corrected chi connectivity index (χ3v) is 4.97. The van der Waals surface area contributed by atoms with E-state index in [1.165, 1.54) is 6.07 Å². The number of halogens is 2. The molecule has 0 radical (unpaired) electrons. The van der Waals surface area contributed by atoms with E-state index in [1.54, 1.807) is 24.4 Å². The molecule has 0 aliphatic rings. The molecule has 0 fully saturated rings. The first-order valence-electron chi connectivity index (χ1n) is 9.73. The highest BCUT2D eigenvalue weighted by molar-refractivity contribution is 9.10. The van der Waals surface area contributed by atoms with Gasteiger partial charge in [-0.1, -0.05) is 40.2 Å². The zero-order valence-electron chi connectivity index (χ0n) is 16.7. The normalized spacial score (nSPS) is 10.6. The van der Waals surface area contributed by atoms with Gasteiger partial charge in [0.25, 0.3) is 0 Å². The number of rotatable bonds is 11. The molecule has 0 spiro atoms. The van der Waals surface area contributed by atoms with Gasteiger partial charge in [-0.3, -0.25) is 0 Å². The van der Waals surface area contributed by atoms with E-state index in [9.17, 15) is 4.39 Å². The van der Waals surface area contributed by atoms with Crippen LogP contribution in [0.4, 0.5) is 4.39 Å². The number of aromatic nitrogens is 1. The van der Waals surface area contributed by atoms with Crippen LogP contribution in [0.3, 0.4) is 0 Å². The lowest BCUT2D eigenvalue weighted by Gasteiger charge is -2.16. The van der Waals surface area contributed by atoms with Crippen molar-refractivity contribution in [3.63, 3.8) is 0 Å². The van der Waals surface area contributed by atoms with Gasteiger partial charge in [-0.25, -0.2) is 9.37 Å². The molecular formula is C23H24BrFN2O3. The van der Waals surface area contributed by atoms with E-state index in [1.807, 2.05) is 37.3 Å². The van der Waals surface area contributed by atoms with Gasteiger partial charge < -0.3 is 19.5 Å². The first kappa shape index (κ1) is 22.1. The standard InChI is InChI=1S/C23H24BrFN2O3/c1-2-28-21-13-18(15-26-11-12-29-23-9-5-6-10-27-23)19(24)14-22(21)30-16-17-7-3-4-8-20(17)25/h3-10,13-14,26H,2,11-12,15-16H2,1H3. The summed E-state index contributed by atoms with van der Waals surface area (Å²) in [5.74, 6) is 1.51. The minimum Gasteiger partial charge on any atom is -0.490 e. The number of benzene rings is 2. The fraction of sp³-hybridized carbons (Fsp3) is 0.261. The van der Waals surface area contributed by atoms with Gasteiger partial charge in [-0.2, -0.15) is 0 Å². The van der Waals surface area contributed by atoms with Crippen LogP contribution in [0, 0.1) is 5.82 Å². The van der Waals surface area contributed by atoms with E-state index in [0.29, 0.717) is 49.2 Å². The first-order valence-corrected chi connectivity index (χ1v) is 10.5. The monoisotopic (exact) mass is 474 g/mol. The molecule has 0 bridgehead atoms. The number of nitrogens with zero attached hydrogens (tertiary/aromatic N) is 1. The van der Waals surface area contributed by atoms with Crippen LogP contribution in [-0.4, -0.2) is 24.7 Å². The molecule has 3 rings (SSSR count). The SMILES string of the molecule is CCOc1cc(CNCCOc2ccccn2)c(Br)cc1OCc1ccccc1F. The lowest BCUT2D eigenvalue weighted by atomic mass is 10.2. The number of hydrogen-bond acceptors (Lipinski definition) is 5. The summed E-state index contributed by atoms with van der Waals surface area (Å²) >= 11 is 3.59. The third kappa shape index (κ3) is 6.43. The Balaban J connectivity index is 1.57. The van der Waals surface area contributed by atoms with E-state index >= 15 is 0 Å². The Bertz CT molecular complexity index is 941. The highest BCUT2D eigenvalue weighted by atomic mass is 79.9. The Morgan fingerprint density at radius 3 is 2.53 bits per heavy atom. The molecule has 7 heteroatoms. The number of ether oxygens (including phenoxy) is 3. The molecule has 2 aromatic carbocycles. The largest absolute Gasteiger partial charge is 0.490 e. The van der Waals surface area contributed by atoms with Crippen molar-refractivity contribution in [3.8, 4) is 17.4 Å². The number of pyridine rings is 1. The van der Waals surface area contributed by atoms with Gasteiger partial charge in [0.2, 0.25) is 5.88 Å². The van der Waals surface area contributed by atoms with Crippen molar-refractivity contribution in [1.82, 2.24) is 10.3 Å². The molecule has 158 valence electrons. The van der Waals surface area contributed by atoms with E-state index in [2.05, 4.69) is 26.2 Å². The van der Waals surface area contributed by atoms with Crippen molar-refractivity contribution in [2.24, 2.45) is 0 Å². The maximum absolute atomic E-state index is 13.9. The minimum atomic E-state index is -0.289. The van der Waals surface area contributed by atoms with E-state index in [4.69, 9.17) is 14.2 Å². The molecule has 0 saturated carbocycles. The second-order valence-corrected chi connectivity index (χ2v) is 7.25. The summed E-state index contributed by atoms with van der Waals surface area (Å²) in [6.07, 6.45) is 1.70. The van der Waals surface area contributed by atoms with Gasteiger partial charge in [0, 0.05) is 35.4 Å². The molecule has 0 saturated heterocycles. The maximum Gasteiger partial charge on any atom is 0.213 e. The molecule has 0 aliphatic carbocycles. The molecule has 1 N–H and O–H groups in total. The number of hydrogen-bond donors (Lipinski definition) is 1. The Kier molecular flexibility index (Phi) is 8.47. The summed E-state index contributed by atoms with van der Waals surface area (Å²) in [4.78, 5) is 4.12. The van der Waals surface area contributed by atoms with Gasteiger partial charge in [-0.05, 0) is 36.8 Å². The van der Waals surface area contributed by atoms with E-state index in [-0.39, 0.29) is 12.4 Å².